The number of aromatic nitrogens is 2. The van der Waals surface area contributed by atoms with Crippen molar-refractivity contribution in [3.63, 3.8) is 0 Å². The van der Waals surface area contributed by atoms with Crippen molar-refractivity contribution in [3.05, 3.63) is 53.2 Å². The number of nitrogens with zero attached hydrogens (tertiary/aromatic N) is 4. The Balaban J connectivity index is 1.62. The third-order valence-corrected chi connectivity index (χ3v) is 7.23. The van der Waals surface area contributed by atoms with Crippen molar-refractivity contribution in [1.82, 2.24) is 14.9 Å². The van der Waals surface area contributed by atoms with Gasteiger partial charge in [-0.1, -0.05) is 23.7 Å². The van der Waals surface area contributed by atoms with Gasteiger partial charge in [-0.15, -0.1) is 6.42 Å². The van der Waals surface area contributed by atoms with Gasteiger partial charge >= 0.3 is 0 Å². The first-order valence-corrected chi connectivity index (χ1v) is 12.4. The number of terminal acetylenes is 1. The molecular formula is C26H27F2N5O3S. The van der Waals surface area contributed by atoms with Crippen LogP contribution in [0.3, 0.4) is 0 Å². The minimum Gasteiger partial charge on any atom is -0.463 e. The topological polar surface area (TPSA) is 103 Å². The second-order valence-corrected chi connectivity index (χ2v) is 10.6. The van der Waals surface area contributed by atoms with Crippen molar-refractivity contribution in [1.29, 1.82) is 0 Å². The van der Waals surface area contributed by atoms with Gasteiger partial charge in [0.05, 0.1) is 31.1 Å². The monoisotopic (exact) mass is 527 g/mol. The summed E-state index contributed by atoms with van der Waals surface area (Å²) in [6.45, 7) is 5.44. The number of benzene rings is 1. The number of amides is 1. The molecule has 1 aromatic carbocycles. The third kappa shape index (κ3) is 5.92. The number of carbonyl (C=O) groups excluding carboxylic acids is 1. The van der Waals surface area contributed by atoms with Gasteiger partial charge in [0.2, 0.25) is 11.8 Å². The van der Waals surface area contributed by atoms with E-state index in [4.69, 9.17) is 21.6 Å². The number of hydrogen-bond donors (Lipinski definition) is 1. The summed E-state index contributed by atoms with van der Waals surface area (Å²) in [6.07, 6.45) is 9.05. The molecule has 194 valence electrons. The van der Waals surface area contributed by atoms with Crippen molar-refractivity contribution >= 4 is 34.7 Å². The van der Waals surface area contributed by atoms with Crippen molar-refractivity contribution in [3.8, 4) is 18.2 Å². The summed E-state index contributed by atoms with van der Waals surface area (Å²) in [5.41, 5.74) is 5.59. The summed E-state index contributed by atoms with van der Waals surface area (Å²) in [7, 11) is 0. The van der Waals surface area contributed by atoms with Gasteiger partial charge in [-0.25, -0.2) is 18.7 Å². The molecule has 1 fully saturated rings. The first-order valence-electron chi connectivity index (χ1n) is 11.6. The smallest absolute Gasteiger partial charge is 0.239 e. The lowest BCUT2D eigenvalue weighted by molar-refractivity contribution is -0.138. The fourth-order valence-electron chi connectivity index (χ4n) is 4.50. The van der Waals surface area contributed by atoms with Gasteiger partial charge in [-0.05, 0) is 37.6 Å². The molecule has 2 atom stereocenters. The summed E-state index contributed by atoms with van der Waals surface area (Å²) in [6, 6.07) is 4.21. The Bertz CT molecular complexity index is 1270. The summed E-state index contributed by atoms with van der Waals surface area (Å²) >= 11 is 1.18. The fourth-order valence-corrected chi connectivity index (χ4v) is 5.78. The van der Waals surface area contributed by atoms with E-state index in [1.807, 2.05) is 0 Å². The number of ether oxygens (including phenoxy) is 2. The highest BCUT2D eigenvalue weighted by Gasteiger charge is 2.49. The largest absolute Gasteiger partial charge is 0.463 e. The Morgan fingerprint density at radius 3 is 2.76 bits per heavy atom. The van der Waals surface area contributed by atoms with E-state index >= 15 is 4.39 Å². The molecule has 1 saturated heterocycles. The van der Waals surface area contributed by atoms with Crippen LogP contribution in [0.25, 0.3) is 11.9 Å². The van der Waals surface area contributed by atoms with E-state index in [1.54, 1.807) is 18.7 Å². The maximum atomic E-state index is 15.1. The molecule has 2 aromatic rings. The van der Waals surface area contributed by atoms with Gasteiger partial charge in [0, 0.05) is 25.1 Å². The second-order valence-electron chi connectivity index (χ2n) is 9.10. The van der Waals surface area contributed by atoms with Crippen LogP contribution in [0.15, 0.2) is 35.6 Å². The van der Waals surface area contributed by atoms with Crippen LogP contribution in [-0.2, 0) is 15.1 Å². The Labute approximate surface area is 218 Å². The van der Waals surface area contributed by atoms with Crippen molar-refractivity contribution in [2.45, 2.75) is 30.6 Å². The molecule has 2 N–H and O–H groups in total. The molecule has 1 aromatic heterocycles. The van der Waals surface area contributed by atoms with E-state index in [1.165, 1.54) is 48.4 Å². The molecule has 0 spiro atoms. The second kappa shape index (κ2) is 10.9. The first-order chi connectivity index (χ1) is 17.6. The Hall–Kier alpha value is -3.49. The lowest BCUT2D eigenvalue weighted by Crippen LogP contribution is -2.54. The van der Waals surface area contributed by atoms with Crippen molar-refractivity contribution < 1.29 is 23.0 Å². The molecule has 0 aliphatic carbocycles. The Morgan fingerprint density at radius 1 is 1.32 bits per heavy atom. The maximum Gasteiger partial charge on any atom is 0.239 e. The number of hydrogen-bond acceptors (Lipinski definition) is 8. The number of halogens is 2. The Morgan fingerprint density at radius 2 is 2.08 bits per heavy atom. The van der Waals surface area contributed by atoms with E-state index in [-0.39, 0.29) is 41.2 Å². The zero-order chi connectivity index (χ0) is 26.6. The highest BCUT2D eigenvalue weighted by Crippen LogP contribution is 2.47. The number of aliphatic imine (C=N–C) groups is 1. The molecule has 0 bridgehead atoms. The minimum atomic E-state index is -1.15. The van der Waals surface area contributed by atoms with E-state index in [9.17, 15) is 9.18 Å². The van der Waals surface area contributed by atoms with Gasteiger partial charge in [0.15, 0.2) is 17.6 Å². The molecule has 11 heteroatoms. The molecule has 1 amide bonds. The van der Waals surface area contributed by atoms with Crippen LogP contribution in [0.5, 0.6) is 5.88 Å². The molecule has 4 rings (SSSR count). The van der Waals surface area contributed by atoms with E-state index < -0.39 is 21.9 Å². The molecule has 0 radical (unpaired) electrons. The quantitative estimate of drug-likeness (QED) is 0.575. The highest BCUT2D eigenvalue weighted by atomic mass is 32.2. The molecule has 0 unspecified atom stereocenters. The fraction of sp³-hybridized carbons (Fsp3) is 0.385. The number of rotatable bonds is 6. The summed E-state index contributed by atoms with van der Waals surface area (Å²) in [5, 5.41) is 0.187. The third-order valence-electron chi connectivity index (χ3n) is 6.16. The van der Waals surface area contributed by atoms with E-state index in [0.29, 0.717) is 31.9 Å². The van der Waals surface area contributed by atoms with Crippen LogP contribution in [0.1, 0.15) is 37.1 Å². The van der Waals surface area contributed by atoms with Crippen LogP contribution in [0.2, 0.25) is 0 Å². The zero-order valence-corrected chi connectivity index (χ0v) is 21.4. The van der Waals surface area contributed by atoms with Crippen LogP contribution < -0.4 is 10.5 Å². The van der Waals surface area contributed by atoms with Crippen LogP contribution in [0, 0.1) is 18.2 Å². The molecular weight excluding hydrogens is 500 g/mol. The number of amidine groups is 1. The summed E-state index contributed by atoms with van der Waals surface area (Å²) in [5.74, 6) is 1.18. The first kappa shape index (κ1) is 26.6. The molecule has 2 aliphatic heterocycles. The average Bonchev–Trinajstić information content (AvgIpc) is 2.88. The molecule has 8 nitrogen and oxygen atoms in total. The number of nitrogens with two attached hydrogens (primary N) is 1. The molecule has 3 heterocycles. The lowest BCUT2D eigenvalue weighted by atomic mass is 9.81. The summed E-state index contributed by atoms with van der Waals surface area (Å²) in [4.78, 5) is 27.7. The zero-order valence-electron chi connectivity index (χ0n) is 20.5. The van der Waals surface area contributed by atoms with Gasteiger partial charge in [-0.3, -0.25) is 9.79 Å². The number of thioether (sulfide) groups is 1. The van der Waals surface area contributed by atoms with Gasteiger partial charge in [0.25, 0.3) is 0 Å². The predicted octanol–water partition coefficient (Wildman–Crippen LogP) is 3.38. The van der Waals surface area contributed by atoms with Crippen LogP contribution in [-0.4, -0.2) is 63.6 Å². The van der Waals surface area contributed by atoms with Crippen molar-refractivity contribution in [2.75, 3.05) is 32.9 Å². The van der Waals surface area contributed by atoms with E-state index in [2.05, 4.69) is 20.9 Å². The van der Waals surface area contributed by atoms with Gasteiger partial charge in [-0.2, -0.15) is 0 Å². The molecule has 0 saturated carbocycles. The highest BCUT2D eigenvalue weighted by molar-refractivity contribution is 8.15. The average molecular weight is 528 g/mol. The van der Waals surface area contributed by atoms with Crippen molar-refractivity contribution in [2.24, 2.45) is 10.7 Å². The maximum absolute atomic E-state index is 15.1. The SMILES string of the molecule is C#CCOc1cnc(/C(F)=C/c2ccc(F)c([C@]3(C)C[C@@](C)(C(=O)N4CCOCC4)SC(N)=N3)c2)cn1. The number of morpholine rings is 1. The minimum absolute atomic E-state index is 0.0199. The van der Waals surface area contributed by atoms with Crippen LogP contribution in [0.4, 0.5) is 8.78 Å². The molecule has 2 aliphatic rings. The van der Waals surface area contributed by atoms with Gasteiger partial charge < -0.3 is 20.1 Å². The number of carbonyl (C=O) groups is 1. The Kier molecular flexibility index (Phi) is 7.80. The molecule has 37 heavy (non-hydrogen) atoms. The van der Waals surface area contributed by atoms with Crippen LogP contribution >= 0.6 is 11.8 Å². The standard InChI is InChI=1S/C26H27F2N5O3S/c1-4-9-36-22-15-30-21(14-31-22)20(28)13-17-5-6-19(27)18(12-17)25(2)16-26(3,37-24(29)32-25)23(34)33-7-10-35-11-8-33/h1,5-6,12-15H,7-11,16H2,2-3H3,(H2,29,32)/b20-13-/t25-,26-/m0/s1. The summed E-state index contributed by atoms with van der Waals surface area (Å²) < 4.78 is 39.6. The lowest BCUT2D eigenvalue weighted by Gasteiger charge is -2.43. The van der Waals surface area contributed by atoms with E-state index in [0.717, 1.165) is 0 Å². The predicted molar refractivity (Wildman–Crippen MR) is 139 cm³/mol. The van der Waals surface area contributed by atoms with Gasteiger partial charge in [0.1, 0.15) is 16.3 Å². The normalized spacial score (nSPS) is 24.2.